The van der Waals surface area contributed by atoms with Gasteiger partial charge in [-0.1, -0.05) is 30.3 Å². The van der Waals surface area contributed by atoms with Crippen molar-refractivity contribution in [1.82, 2.24) is 0 Å². The minimum absolute atomic E-state index is 0.0566. The fourth-order valence-corrected chi connectivity index (χ4v) is 2.85. The number of allylic oxidation sites excluding steroid dienone is 1. The molecule has 0 amide bonds. The number of fused-ring (bicyclic) bond motifs is 3. The summed E-state index contributed by atoms with van der Waals surface area (Å²) in [6, 6.07) is 11.2. The summed E-state index contributed by atoms with van der Waals surface area (Å²) in [6.45, 7) is 0.425. The summed E-state index contributed by atoms with van der Waals surface area (Å²) >= 11 is 0. The van der Waals surface area contributed by atoms with Crippen molar-refractivity contribution < 1.29 is 14.3 Å². The molecule has 0 unspecified atom stereocenters. The van der Waals surface area contributed by atoms with Crippen molar-refractivity contribution in [3.8, 4) is 0 Å². The highest BCUT2D eigenvalue weighted by Gasteiger charge is 2.37. The SMILES string of the molecule is O=C1C2=C(CCO2)C(=O)c2c1ccc1ccccc21. The molecule has 4 rings (SSSR count). The first-order valence-corrected chi connectivity index (χ1v) is 6.24. The highest BCUT2D eigenvalue weighted by atomic mass is 16.5. The van der Waals surface area contributed by atoms with Crippen LogP contribution < -0.4 is 0 Å². The molecule has 0 fully saturated rings. The van der Waals surface area contributed by atoms with Crippen LogP contribution in [0.1, 0.15) is 27.1 Å². The Hall–Kier alpha value is -2.42. The van der Waals surface area contributed by atoms with E-state index >= 15 is 0 Å². The van der Waals surface area contributed by atoms with Gasteiger partial charge in [0.15, 0.2) is 11.5 Å². The number of ketones is 2. The van der Waals surface area contributed by atoms with E-state index in [4.69, 9.17) is 4.74 Å². The molecule has 2 aliphatic rings. The quantitative estimate of drug-likeness (QED) is 0.722. The minimum Gasteiger partial charge on any atom is -0.489 e. The minimum atomic E-state index is -0.159. The van der Waals surface area contributed by atoms with Crippen LogP contribution in [-0.2, 0) is 4.74 Å². The van der Waals surface area contributed by atoms with Crippen LogP contribution in [-0.4, -0.2) is 18.2 Å². The highest BCUT2D eigenvalue weighted by molar-refractivity contribution is 6.30. The van der Waals surface area contributed by atoms with Gasteiger partial charge in [-0.3, -0.25) is 9.59 Å². The predicted molar refractivity (Wildman–Crippen MR) is 70.2 cm³/mol. The van der Waals surface area contributed by atoms with Crippen LogP contribution in [0.15, 0.2) is 47.7 Å². The molecule has 0 saturated heterocycles. The molecule has 0 radical (unpaired) electrons. The van der Waals surface area contributed by atoms with Crippen molar-refractivity contribution in [3.63, 3.8) is 0 Å². The molecular weight excluding hydrogens is 240 g/mol. The maximum atomic E-state index is 12.6. The maximum absolute atomic E-state index is 12.6. The molecule has 2 aromatic rings. The van der Waals surface area contributed by atoms with E-state index < -0.39 is 0 Å². The van der Waals surface area contributed by atoms with Gasteiger partial charge >= 0.3 is 0 Å². The summed E-state index contributed by atoms with van der Waals surface area (Å²) in [7, 11) is 0. The number of Topliss-reactive ketones (excluding diaryl/α,β-unsaturated/α-hetero) is 2. The first-order chi connectivity index (χ1) is 9.27. The Labute approximate surface area is 109 Å². The van der Waals surface area contributed by atoms with Gasteiger partial charge in [0.1, 0.15) is 0 Å². The van der Waals surface area contributed by atoms with Crippen LogP contribution in [0.25, 0.3) is 10.8 Å². The van der Waals surface area contributed by atoms with Gasteiger partial charge in [-0.05, 0) is 16.8 Å². The van der Waals surface area contributed by atoms with Crippen LogP contribution in [0.2, 0.25) is 0 Å². The third-order valence-electron chi connectivity index (χ3n) is 3.75. The zero-order valence-electron chi connectivity index (χ0n) is 10.1. The summed E-state index contributed by atoms with van der Waals surface area (Å²) in [5.74, 6) is 0.0412. The number of rotatable bonds is 0. The van der Waals surface area contributed by atoms with Crippen LogP contribution in [0.3, 0.4) is 0 Å². The van der Waals surface area contributed by atoms with Gasteiger partial charge in [0.05, 0.1) is 6.61 Å². The van der Waals surface area contributed by atoms with Crippen LogP contribution in [0.5, 0.6) is 0 Å². The third-order valence-corrected chi connectivity index (χ3v) is 3.75. The van der Waals surface area contributed by atoms with Gasteiger partial charge in [-0.2, -0.15) is 0 Å². The van der Waals surface area contributed by atoms with Crippen molar-refractivity contribution in [3.05, 3.63) is 58.9 Å². The lowest BCUT2D eigenvalue weighted by Gasteiger charge is -2.17. The standard InChI is InChI=1S/C16H10O3/c17-14-12-7-8-19-16(12)15(18)11-6-5-9-3-1-2-4-10(9)13(11)14/h1-6H,7-8H2. The lowest BCUT2D eigenvalue weighted by Crippen LogP contribution is -2.20. The van der Waals surface area contributed by atoms with Gasteiger partial charge in [0, 0.05) is 23.1 Å². The summed E-state index contributed by atoms with van der Waals surface area (Å²) in [6.07, 6.45) is 0.530. The van der Waals surface area contributed by atoms with Gasteiger partial charge in [-0.15, -0.1) is 0 Å². The Morgan fingerprint density at radius 3 is 2.68 bits per heavy atom. The fraction of sp³-hybridized carbons (Fsp3) is 0.125. The Balaban J connectivity index is 2.10. The Morgan fingerprint density at radius 1 is 0.947 bits per heavy atom. The fourth-order valence-electron chi connectivity index (χ4n) is 2.85. The molecule has 0 bridgehead atoms. The molecule has 0 atom stereocenters. The number of hydrogen-bond acceptors (Lipinski definition) is 3. The average molecular weight is 250 g/mol. The predicted octanol–water partition coefficient (Wildman–Crippen LogP) is 2.89. The van der Waals surface area contributed by atoms with Gasteiger partial charge in [-0.25, -0.2) is 0 Å². The number of carbonyl (C=O) groups excluding carboxylic acids is 2. The van der Waals surface area contributed by atoms with Gasteiger partial charge in [0.25, 0.3) is 0 Å². The Morgan fingerprint density at radius 2 is 1.79 bits per heavy atom. The number of ether oxygens (including phenoxy) is 1. The summed E-state index contributed by atoms with van der Waals surface area (Å²) in [4.78, 5) is 24.9. The molecule has 2 aromatic carbocycles. The van der Waals surface area contributed by atoms with E-state index in [0.29, 0.717) is 29.7 Å². The van der Waals surface area contributed by atoms with Crippen LogP contribution in [0.4, 0.5) is 0 Å². The molecule has 19 heavy (non-hydrogen) atoms. The molecular formula is C16H10O3. The third kappa shape index (κ3) is 1.27. The van der Waals surface area contributed by atoms with Crippen molar-refractivity contribution in [2.75, 3.05) is 6.61 Å². The van der Waals surface area contributed by atoms with Crippen molar-refractivity contribution in [2.45, 2.75) is 6.42 Å². The number of benzene rings is 2. The van der Waals surface area contributed by atoms with E-state index in [2.05, 4.69) is 0 Å². The van der Waals surface area contributed by atoms with Gasteiger partial charge < -0.3 is 4.74 Å². The molecule has 0 N–H and O–H groups in total. The summed E-state index contributed by atoms with van der Waals surface area (Å²) < 4.78 is 5.32. The molecule has 0 spiro atoms. The van der Waals surface area contributed by atoms with Crippen molar-refractivity contribution in [1.29, 1.82) is 0 Å². The highest BCUT2D eigenvalue weighted by Crippen LogP contribution is 2.36. The van der Waals surface area contributed by atoms with Crippen LogP contribution in [0, 0.1) is 0 Å². The lowest BCUT2D eigenvalue weighted by atomic mass is 9.84. The van der Waals surface area contributed by atoms with E-state index in [1.165, 1.54) is 0 Å². The monoisotopic (exact) mass is 250 g/mol. The van der Waals surface area contributed by atoms with Gasteiger partial charge in [0.2, 0.25) is 5.78 Å². The molecule has 3 nitrogen and oxygen atoms in total. The van der Waals surface area contributed by atoms with E-state index in [9.17, 15) is 9.59 Å². The summed E-state index contributed by atoms with van der Waals surface area (Å²) in [5, 5.41) is 1.82. The summed E-state index contributed by atoms with van der Waals surface area (Å²) in [5.41, 5.74) is 1.53. The second-order valence-electron chi connectivity index (χ2n) is 4.77. The first-order valence-electron chi connectivity index (χ1n) is 6.24. The van der Waals surface area contributed by atoms with E-state index in [1.807, 2.05) is 30.3 Å². The molecule has 0 saturated carbocycles. The number of carbonyl (C=O) groups is 2. The maximum Gasteiger partial charge on any atom is 0.228 e. The van der Waals surface area contributed by atoms with Crippen LogP contribution >= 0.6 is 0 Å². The molecule has 1 aliphatic heterocycles. The van der Waals surface area contributed by atoms with Crippen molar-refractivity contribution >= 4 is 22.3 Å². The normalized spacial score (nSPS) is 17.5. The largest absolute Gasteiger partial charge is 0.489 e. The van der Waals surface area contributed by atoms with Crippen molar-refractivity contribution in [2.24, 2.45) is 0 Å². The topological polar surface area (TPSA) is 43.4 Å². The lowest BCUT2D eigenvalue weighted by molar-refractivity contribution is 0.0915. The number of hydrogen-bond donors (Lipinski definition) is 0. The zero-order chi connectivity index (χ0) is 13.0. The molecule has 0 aromatic heterocycles. The zero-order valence-corrected chi connectivity index (χ0v) is 10.1. The van der Waals surface area contributed by atoms with E-state index in [1.54, 1.807) is 6.07 Å². The molecule has 3 heteroatoms. The molecule has 1 aliphatic carbocycles. The second-order valence-corrected chi connectivity index (χ2v) is 4.77. The molecule has 1 heterocycles. The Bertz CT molecular complexity index is 784. The average Bonchev–Trinajstić information content (AvgIpc) is 2.93. The first kappa shape index (κ1) is 10.5. The smallest absolute Gasteiger partial charge is 0.228 e. The van der Waals surface area contributed by atoms with E-state index in [-0.39, 0.29) is 17.3 Å². The Kier molecular flexibility index (Phi) is 1.96. The second kappa shape index (κ2) is 3.54. The molecule has 92 valence electrons. The van der Waals surface area contributed by atoms with E-state index in [0.717, 1.165) is 10.8 Å².